The second-order valence-electron chi connectivity index (χ2n) is 5.81. The van der Waals surface area contributed by atoms with Gasteiger partial charge in [0.05, 0.1) is 5.25 Å². The molecule has 0 fully saturated rings. The highest BCUT2D eigenvalue weighted by molar-refractivity contribution is 7.99. The first-order chi connectivity index (χ1) is 12.7. The minimum atomic E-state index is -0.106. The third kappa shape index (κ3) is 3.52. The van der Waals surface area contributed by atoms with Crippen molar-refractivity contribution in [3.05, 3.63) is 66.1 Å². The molecule has 4 aromatic rings. The third-order valence-corrected chi connectivity index (χ3v) is 4.71. The van der Waals surface area contributed by atoms with E-state index in [0.29, 0.717) is 22.9 Å². The molecule has 0 aliphatic rings. The van der Waals surface area contributed by atoms with Crippen molar-refractivity contribution < 1.29 is 8.83 Å². The van der Waals surface area contributed by atoms with Crippen LogP contribution >= 0.6 is 11.8 Å². The van der Waals surface area contributed by atoms with E-state index in [4.69, 9.17) is 8.83 Å². The SMILES string of the molecule is Cc1ccc(-c2nnc(C(C)Sc3nnc(-c4ccccc4)o3)o2)cc1. The van der Waals surface area contributed by atoms with Crippen LogP contribution in [0.5, 0.6) is 0 Å². The summed E-state index contributed by atoms with van der Waals surface area (Å²) in [6.07, 6.45) is 0. The number of rotatable bonds is 5. The fourth-order valence-electron chi connectivity index (χ4n) is 2.37. The Balaban J connectivity index is 1.48. The first-order valence-electron chi connectivity index (χ1n) is 8.15. The van der Waals surface area contributed by atoms with Crippen molar-refractivity contribution >= 4 is 11.8 Å². The van der Waals surface area contributed by atoms with Crippen LogP contribution in [0, 0.1) is 6.92 Å². The minimum absolute atomic E-state index is 0.106. The van der Waals surface area contributed by atoms with E-state index in [1.807, 2.05) is 68.4 Å². The van der Waals surface area contributed by atoms with Gasteiger partial charge in [-0.15, -0.1) is 20.4 Å². The van der Waals surface area contributed by atoms with Gasteiger partial charge in [0, 0.05) is 11.1 Å². The average molecular weight is 364 g/mol. The maximum Gasteiger partial charge on any atom is 0.277 e. The van der Waals surface area contributed by atoms with Crippen molar-refractivity contribution in [2.45, 2.75) is 24.3 Å². The molecule has 26 heavy (non-hydrogen) atoms. The van der Waals surface area contributed by atoms with Gasteiger partial charge >= 0.3 is 0 Å². The van der Waals surface area contributed by atoms with Crippen LogP contribution in [0.3, 0.4) is 0 Å². The van der Waals surface area contributed by atoms with Crippen LogP contribution in [0.15, 0.2) is 68.7 Å². The number of nitrogens with zero attached hydrogens (tertiary/aromatic N) is 4. The summed E-state index contributed by atoms with van der Waals surface area (Å²) in [5.74, 6) is 1.51. The highest BCUT2D eigenvalue weighted by Gasteiger charge is 2.19. The van der Waals surface area contributed by atoms with Crippen LogP contribution < -0.4 is 0 Å². The lowest BCUT2D eigenvalue weighted by atomic mass is 10.1. The standard InChI is InChI=1S/C19H16N4O2S/c1-12-8-10-15(11-9-12)17-21-20-16(24-17)13(2)26-19-23-22-18(25-19)14-6-4-3-5-7-14/h3-11,13H,1-2H3. The molecule has 0 saturated carbocycles. The minimum Gasteiger partial charge on any atom is -0.419 e. The third-order valence-electron chi connectivity index (χ3n) is 3.79. The lowest BCUT2D eigenvalue weighted by Gasteiger charge is -2.01. The van der Waals surface area contributed by atoms with E-state index in [1.54, 1.807) is 0 Å². The van der Waals surface area contributed by atoms with E-state index in [2.05, 4.69) is 20.4 Å². The fraction of sp³-hybridized carbons (Fsp3) is 0.158. The van der Waals surface area contributed by atoms with Gasteiger partial charge in [0.2, 0.25) is 17.7 Å². The van der Waals surface area contributed by atoms with E-state index in [-0.39, 0.29) is 5.25 Å². The summed E-state index contributed by atoms with van der Waals surface area (Å²) in [4.78, 5) is 0. The molecule has 0 radical (unpaired) electrons. The molecule has 130 valence electrons. The van der Waals surface area contributed by atoms with Crippen LogP contribution in [-0.4, -0.2) is 20.4 Å². The van der Waals surface area contributed by atoms with E-state index in [9.17, 15) is 0 Å². The smallest absolute Gasteiger partial charge is 0.277 e. The summed E-state index contributed by atoms with van der Waals surface area (Å²) >= 11 is 1.39. The van der Waals surface area contributed by atoms with Crippen LogP contribution in [0.25, 0.3) is 22.9 Å². The molecular formula is C19H16N4O2S. The summed E-state index contributed by atoms with van der Waals surface area (Å²) in [6.45, 7) is 4.00. The van der Waals surface area contributed by atoms with Gasteiger partial charge in [0.15, 0.2) is 0 Å². The maximum absolute atomic E-state index is 5.80. The van der Waals surface area contributed by atoms with Gasteiger partial charge in [-0.2, -0.15) is 0 Å². The van der Waals surface area contributed by atoms with Gasteiger partial charge in [-0.1, -0.05) is 47.7 Å². The lowest BCUT2D eigenvalue weighted by Crippen LogP contribution is -1.88. The summed E-state index contributed by atoms with van der Waals surface area (Å²) < 4.78 is 11.5. The fourth-order valence-corrected chi connectivity index (χ4v) is 3.08. The van der Waals surface area contributed by atoms with E-state index < -0.39 is 0 Å². The zero-order chi connectivity index (χ0) is 17.9. The van der Waals surface area contributed by atoms with Gasteiger partial charge in [-0.05, 0) is 38.1 Å². The van der Waals surface area contributed by atoms with Crippen molar-refractivity contribution in [1.29, 1.82) is 0 Å². The van der Waals surface area contributed by atoms with Crippen molar-refractivity contribution in [3.8, 4) is 22.9 Å². The highest BCUT2D eigenvalue weighted by atomic mass is 32.2. The van der Waals surface area contributed by atoms with Gasteiger partial charge in [0.25, 0.3) is 5.22 Å². The van der Waals surface area contributed by atoms with E-state index in [1.165, 1.54) is 17.3 Å². The number of aromatic nitrogens is 4. The summed E-state index contributed by atoms with van der Waals surface area (Å²) in [5.41, 5.74) is 2.97. The molecule has 1 atom stereocenters. The molecule has 7 heteroatoms. The van der Waals surface area contributed by atoms with Crippen molar-refractivity contribution in [1.82, 2.24) is 20.4 Å². The predicted molar refractivity (Wildman–Crippen MR) is 98.5 cm³/mol. The monoisotopic (exact) mass is 364 g/mol. The molecule has 4 rings (SSSR count). The Hall–Kier alpha value is -2.93. The number of hydrogen-bond donors (Lipinski definition) is 0. The van der Waals surface area contributed by atoms with Crippen molar-refractivity contribution in [2.75, 3.05) is 0 Å². The van der Waals surface area contributed by atoms with Gasteiger partial charge < -0.3 is 8.83 Å². The first kappa shape index (κ1) is 16.5. The highest BCUT2D eigenvalue weighted by Crippen LogP contribution is 2.35. The molecule has 1 unspecified atom stereocenters. The van der Waals surface area contributed by atoms with Crippen molar-refractivity contribution in [2.24, 2.45) is 0 Å². The van der Waals surface area contributed by atoms with Gasteiger partial charge in [-0.3, -0.25) is 0 Å². The van der Waals surface area contributed by atoms with Gasteiger partial charge in [0.1, 0.15) is 0 Å². The lowest BCUT2D eigenvalue weighted by molar-refractivity contribution is 0.461. The number of benzene rings is 2. The summed E-state index contributed by atoms with van der Waals surface area (Å²) in [6, 6.07) is 17.6. The summed E-state index contributed by atoms with van der Waals surface area (Å²) in [7, 11) is 0. The second kappa shape index (κ2) is 7.13. The molecule has 2 aromatic carbocycles. The van der Waals surface area contributed by atoms with E-state index in [0.717, 1.165) is 11.1 Å². The first-order valence-corrected chi connectivity index (χ1v) is 9.03. The quantitative estimate of drug-likeness (QED) is 0.464. The number of hydrogen-bond acceptors (Lipinski definition) is 7. The van der Waals surface area contributed by atoms with Crippen LogP contribution in [0.2, 0.25) is 0 Å². The van der Waals surface area contributed by atoms with Crippen LogP contribution in [-0.2, 0) is 0 Å². The maximum atomic E-state index is 5.80. The molecular weight excluding hydrogens is 348 g/mol. The molecule has 2 aromatic heterocycles. The number of aryl methyl sites for hydroxylation is 1. The Morgan fingerprint density at radius 1 is 0.769 bits per heavy atom. The Bertz CT molecular complexity index is 996. The summed E-state index contributed by atoms with van der Waals surface area (Å²) in [5, 5.41) is 16.8. The Kier molecular flexibility index (Phi) is 4.53. The molecule has 0 spiro atoms. The normalized spacial score (nSPS) is 12.2. The zero-order valence-electron chi connectivity index (χ0n) is 14.3. The number of thioether (sulfide) groups is 1. The topological polar surface area (TPSA) is 77.8 Å². The molecule has 0 bridgehead atoms. The zero-order valence-corrected chi connectivity index (χ0v) is 15.1. The predicted octanol–water partition coefficient (Wildman–Crippen LogP) is 4.95. The average Bonchev–Trinajstić information content (AvgIpc) is 3.33. The molecule has 0 aliphatic heterocycles. The second-order valence-corrected chi connectivity index (χ2v) is 7.10. The molecule has 0 saturated heterocycles. The van der Waals surface area contributed by atoms with E-state index >= 15 is 0 Å². The molecule has 0 aliphatic carbocycles. The Morgan fingerprint density at radius 2 is 1.42 bits per heavy atom. The Labute approximate surface area is 154 Å². The van der Waals surface area contributed by atoms with Crippen LogP contribution in [0.4, 0.5) is 0 Å². The molecule has 0 N–H and O–H groups in total. The molecule has 0 amide bonds. The molecule has 2 heterocycles. The van der Waals surface area contributed by atoms with Crippen LogP contribution in [0.1, 0.15) is 23.6 Å². The largest absolute Gasteiger partial charge is 0.419 e. The Morgan fingerprint density at radius 3 is 2.19 bits per heavy atom. The van der Waals surface area contributed by atoms with Gasteiger partial charge in [-0.25, -0.2) is 0 Å². The van der Waals surface area contributed by atoms with Crippen molar-refractivity contribution in [3.63, 3.8) is 0 Å². The molecule has 6 nitrogen and oxygen atoms in total.